The van der Waals surface area contributed by atoms with Gasteiger partial charge in [0, 0.05) is 18.7 Å². The van der Waals surface area contributed by atoms with E-state index in [4.69, 9.17) is 21.1 Å². The second kappa shape index (κ2) is 6.47. The number of urea groups is 1. The number of carbonyl (C=O) groups is 2. The van der Waals surface area contributed by atoms with Crippen molar-refractivity contribution in [1.82, 2.24) is 10.2 Å². The van der Waals surface area contributed by atoms with Gasteiger partial charge in [-0.2, -0.15) is 0 Å². The highest BCUT2D eigenvalue weighted by Crippen LogP contribution is 2.35. The maximum atomic E-state index is 11.4. The zero-order valence-electron chi connectivity index (χ0n) is 11.0. The maximum Gasteiger partial charge on any atom is 0.317 e. The summed E-state index contributed by atoms with van der Waals surface area (Å²) in [5.41, 5.74) is 0.415. The van der Waals surface area contributed by atoms with Crippen LogP contribution in [0.5, 0.6) is 11.5 Å². The second-order valence-electron chi connectivity index (χ2n) is 4.22. The van der Waals surface area contributed by atoms with E-state index in [-0.39, 0.29) is 6.03 Å². The minimum Gasteiger partial charge on any atom is -0.493 e. The van der Waals surface area contributed by atoms with Crippen LogP contribution in [0.2, 0.25) is 5.02 Å². The smallest absolute Gasteiger partial charge is 0.317 e. The van der Waals surface area contributed by atoms with Crippen LogP contribution in [0.25, 0.3) is 0 Å². The fourth-order valence-electron chi connectivity index (χ4n) is 1.93. The molecule has 0 unspecified atom stereocenters. The third-order valence-electron chi connectivity index (χ3n) is 2.94. The Balaban J connectivity index is 2.01. The molecular weight excluding hydrogens is 284 g/mol. The van der Waals surface area contributed by atoms with Crippen LogP contribution in [0.15, 0.2) is 12.1 Å². The summed E-state index contributed by atoms with van der Waals surface area (Å²) in [7, 11) is 1.47. The molecule has 20 heavy (non-hydrogen) atoms. The highest BCUT2D eigenvalue weighted by atomic mass is 35.5. The number of benzene rings is 1. The van der Waals surface area contributed by atoms with Crippen molar-refractivity contribution >= 4 is 23.9 Å². The van der Waals surface area contributed by atoms with Crippen molar-refractivity contribution in [2.24, 2.45) is 0 Å². The first-order chi connectivity index (χ1) is 9.65. The number of halogens is 1. The Labute approximate surface area is 121 Å². The van der Waals surface area contributed by atoms with Crippen LogP contribution >= 0.6 is 11.6 Å². The lowest BCUT2D eigenvalue weighted by Gasteiger charge is -2.16. The predicted molar refractivity (Wildman–Crippen MR) is 73.9 cm³/mol. The Morgan fingerprint density at radius 1 is 1.50 bits per heavy atom. The highest BCUT2D eigenvalue weighted by Gasteiger charge is 2.19. The molecule has 0 atom stereocenters. The Morgan fingerprint density at radius 2 is 2.30 bits per heavy atom. The Hall–Kier alpha value is -1.95. The fraction of sp³-hybridized carbons (Fsp3) is 0.385. The lowest BCUT2D eigenvalue weighted by atomic mass is 10.2. The predicted octanol–water partition coefficient (Wildman–Crippen LogP) is 1.57. The SMILES string of the molecule is COc1cc(C=O)cc(Cl)c1OCCN1CCNC1=O. The van der Waals surface area contributed by atoms with Gasteiger partial charge in [-0.25, -0.2) is 4.79 Å². The molecule has 0 aromatic heterocycles. The molecule has 1 aliphatic rings. The summed E-state index contributed by atoms with van der Waals surface area (Å²) in [5.74, 6) is 0.768. The first kappa shape index (κ1) is 14.5. The van der Waals surface area contributed by atoms with E-state index in [0.29, 0.717) is 54.6 Å². The van der Waals surface area contributed by atoms with E-state index in [1.807, 2.05) is 0 Å². The van der Waals surface area contributed by atoms with Gasteiger partial charge in [0.2, 0.25) is 0 Å². The van der Waals surface area contributed by atoms with Crippen molar-refractivity contribution in [3.8, 4) is 11.5 Å². The van der Waals surface area contributed by atoms with Crippen molar-refractivity contribution in [2.45, 2.75) is 0 Å². The Morgan fingerprint density at radius 3 is 2.90 bits per heavy atom. The van der Waals surface area contributed by atoms with Crippen molar-refractivity contribution in [1.29, 1.82) is 0 Å². The normalized spacial score (nSPS) is 14.1. The van der Waals surface area contributed by atoms with Crippen molar-refractivity contribution in [2.75, 3.05) is 33.4 Å². The third-order valence-corrected chi connectivity index (χ3v) is 3.22. The number of rotatable bonds is 6. The molecule has 1 N–H and O–H groups in total. The lowest BCUT2D eigenvalue weighted by molar-refractivity contribution is 0.112. The number of aldehydes is 1. The first-order valence-corrected chi connectivity index (χ1v) is 6.51. The molecule has 1 aromatic rings. The van der Waals surface area contributed by atoms with E-state index in [1.54, 1.807) is 11.0 Å². The Kier molecular flexibility index (Phi) is 4.68. The number of ether oxygens (including phenoxy) is 2. The molecule has 7 heteroatoms. The molecular formula is C13H15ClN2O4. The van der Waals surface area contributed by atoms with Gasteiger partial charge < -0.3 is 19.7 Å². The largest absolute Gasteiger partial charge is 0.493 e. The van der Waals surface area contributed by atoms with Crippen molar-refractivity contribution in [3.05, 3.63) is 22.7 Å². The lowest BCUT2D eigenvalue weighted by Crippen LogP contribution is -2.31. The van der Waals surface area contributed by atoms with Crippen LogP contribution in [-0.4, -0.2) is 50.6 Å². The van der Waals surface area contributed by atoms with Gasteiger partial charge in [0.05, 0.1) is 18.7 Å². The molecule has 0 saturated carbocycles. The van der Waals surface area contributed by atoms with E-state index in [2.05, 4.69) is 5.32 Å². The van der Waals surface area contributed by atoms with Crippen LogP contribution in [0.1, 0.15) is 10.4 Å². The van der Waals surface area contributed by atoms with Gasteiger partial charge in [0.15, 0.2) is 11.5 Å². The molecule has 0 aliphatic carbocycles. The number of amides is 2. The monoisotopic (exact) mass is 298 g/mol. The molecule has 2 amide bonds. The molecule has 0 spiro atoms. The topological polar surface area (TPSA) is 67.9 Å². The third kappa shape index (κ3) is 3.14. The fourth-order valence-corrected chi connectivity index (χ4v) is 2.20. The van der Waals surface area contributed by atoms with Gasteiger partial charge >= 0.3 is 6.03 Å². The number of nitrogens with zero attached hydrogens (tertiary/aromatic N) is 1. The number of hydrogen-bond donors (Lipinski definition) is 1. The van der Waals surface area contributed by atoms with Gasteiger partial charge in [-0.15, -0.1) is 0 Å². The molecule has 1 fully saturated rings. The van der Waals surface area contributed by atoms with Crippen LogP contribution in [0.4, 0.5) is 4.79 Å². The van der Waals surface area contributed by atoms with Crippen LogP contribution in [0.3, 0.4) is 0 Å². The summed E-state index contributed by atoms with van der Waals surface area (Å²) in [6, 6.07) is 2.97. The second-order valence-corrected chi connectivity index (χ2v) is 4.63. The van der Waals surface area contributed by atoms with Gasteiger partial charge in [0.25, 0.3) is 0 Å². The van der Waals surface area contributed by atoms with Crippen LogP contribution in [-0.2, 0) is 0 Å². The summed E-state index contributed by atoms with van der Waals surface area (Å²) < 4.78 is 10.7. The quantitative estimate of drug-likeness (QED) is 0.809. The number of methoxy groups -OCH3 is 1. The van der Waals surface area contributed by atoms with E-state index in [0.717, 1.165) is 0 Å². The van der Waals surface area contributed by atoms with Crippen molar-refractivity contribution < 1.29 is 19.1 Å². The molecule has 1 saturated heterocycles. The summed E-state index contributed by atoms with van der Waals surface area (Å²) in [4.78, 5) is 23.8. The zero-order valence-corrected chi connectivity index (χ0v) is 11.8. The number of carbonyl (C=O) groups excluding carboxylic acids is 2. The molecule has 1 aromatic carbocycles. The minimum absolute atomic E-state index is 0.0945. The summed E-state index contributed by atoms with van der Waals surface area (Å²) in [6.07, 6.45) is 0.687. The molecule has 0 radical (unpaired) electrons. The average Bonchev–Trinajstić information content (AvgIpc) is 2.85. The van der Waals surface area contributed by atoms with Gasteiger partial charge in [-0.1, -0.05) is 11.6 Å². The molecule has 2 rings (SSSR count). The first-order valence-electron chi connectivity index (χ1n) is 6.14. The summed E-state index contributed by atoms with van der Waals surface area (Å²) in [6.45, 7) is 2.07. The van der Waals surface area contributed by atoms with E-state index >= 15 is 0 Å². The van der Waals surface area contributed by atoms with E-state index in [1.165, 1.54) is 13.2 Å². The van der Waals surface area contributed by atoms with Crippen LogP contribution in [0, 0.1) is 0 Å². The highest BCUT2D eigenvalue weighted by molar-refractivity contribution is 6.32. The van der Waals surface area contributed by atoms with Gasteiger partial charge in [-0.3, -0.25) is 4.79 Å². The zero-order chi connectivity index (χ0) is 14.5. The molecule has 0 bridgehead atoms. The number of hydrogen-bond acceptors (Lipinski definition) is 4. The molecule has 6 nitrogen and oxygen atoms in total. The van der Waals surface area contributed by atoms with Crippen LogP contribution < -0.4 is 14.8 Å². The van der Waals surface area contributed by atoms with Gasteiger partial charge in [-0.05, 0) is 12.1 Å². The van der Waals surface area contributed by atoms with Gasteiger partial charge in [0.1, 0.15) is 12.9 Å². The maximum absolute atomic E-state index is 11.4. The minimum atomic E-state index is -0.0945. The van der Waals surface area contributed by atoms with E-state index in [9.17, 15) is 9.59 Å². The average molecular weight is 299 g/mol. The summed E-state index contributed by atoms with van der Waals surface area (Å²) in [5, 5.41) is 3.01. The molecule has 1 aliphatic heterocycles. The molecule has 1 heterocycles. The Bertz CT molecular complexity index is 521. The van der Waals surface area contributed by atoms with Crippen molar-refractivity contribution in [3.63, 3.8) is 0 Å². The summed E-state index contributed by atoms with van der Waals surface area (Å²) >= 11 is 6.06. The van der Waals surface area contributed by atoms with E-state index < -0.39 is 0 Å². The standard InChI is InChI=1S/C13H15ClN2O4/c1-19-11-7-9(8-17)6-10(14)12(11)20-5-4-16-3-2-15-13(16)18/h6-8H,2-5H2,1H3,(H,15,18). The number of nitrogens with one attached hydrogen (secondary N) is 1. The molecule has 108 valence electrons.